The van der Waals surface area contributed by atoms with Gasteiger partial charge in [0.25, 0.3) is 11.8 Å². The fourth-order valence-corrected chi connectivity index (χ4v) is 4.17. The first-order chi connectivity index (χ1) is 14.8. The molecular formula is C21H27N5O4S. The summed E-state index contributed by atoms with van der Waals surface area (Å²) in [5, 5.41) is 2.87. The molecule has 166 valence electrons. The number of carbonyl (C=O) groups excluding carboxylic acids is 3. The second-order valence-electron chi connectivity index (χ2n) is 7.39. The number of nitrogens with one attached hydrogen (secondary N) is 1. The third kappa shape index (κ3) is 5.02. The number of nitrogens with two attached hydrogens (primary N) is 2. The van der Waals surface area contributed by atoms with Crippen LogP contribution in [0.4, 0.5) is 11.4 Å². The van der Waals surface area contributed by atoms with Crippen LogP contribution in [-0.2, 0) is 16.0 Å². The summed E-state index contributed by atoms with van der Waals surface area (Å²) in [5.74, 6) is -1.65. The predicted molar refractivity (Wildman–Crippen MR) is 119 cm³/mol. The summed E-state index contributed by atoms with van der Waals surface area (Å²) in [6.07, 6.45) is 2.69. The number of amides is 3. The van der Waals surface area contributed by atoms with E-state index in [1.807, 2.05) is 19.1 Å². The van der Waals surface area contributed by atoms with Gasteiger partial charge in [0.05, 0.1) is 11.8 Å². The third-order valence-electron chi connectivity index (χ3n) is 5.29. The van der Waals surface area contributed by atoms with Crippen molar-refractivity contribution in [1.82, 2.24) is 9.69 Å². The summed E-state index contributed by atoms with van der Waals surface area (Å²) in [4.78, 5) is 39.2. The van der Waals surface area contributed by atoms with E-state index in [4.69, 9.17) is 16.2 Å². The van der Waals surface area contributed by atoms with Crippen molar-refractivity contribution in [2.24, 2.45) is 5.73 Å². The minimum atomic E-state index is -0.833. The average Bonchev–Trinajstić information content (AvgIpc) is 3.42. The Balaban J connectivity index is 1.89. The number of primary amides is 1. The Labute approximate surface area is 184 Å². The van der Waals surface area contributed by atoms with Crippen molar-refractivity contribution in [1.29, 1.82) is 0 Å². The normalized spacial score (nSPS) is 16.6. The molecule has 1 fully saturated rings. The fraction of sp³-hybridized carbons (Fsp3) is 0.429. The van der Waals surface area contributed by atoms with Crippen LogP contribution in [0.15, 0.2) is 24.3 Å². The van der Waals surface area contributed by atoms with Crippen molar-refractivity contribution in [2.45, 2.75) is 45.3 Å². The summed E-state index contributed by atoms with van der Waals surface area (Å²) in [6, 6.07) is 6.54. The van der Waals surface area contributed by atoms with Crippen molar-refractivity contribution in [2.75, 3.05) is 23.8 Å². The number of ether oxygens (including phenoxy) is 1. The van der Waals surface area contributed by atoms with Crippen LogP contribution >= 0.6 is 11.5 Å². The van der Waals surface area contributed by atoms with Crippen LogP contribution in [0.2, 0.25) is 0 Å². The number of anilines is 2. The molecule has 10 heteroatoms. The Kier molecular flexibility index (Phi) is 7.24. The quantitative estimate of drug-likeness (QED) is 0.565. The molecule has 2 heterocycles. The van der Waals surface area contributed by atoms with Gasteiger partial charge in [0.1, 0.15) is 10.9 Å². The number of hydrogen-bond acceptors (Lipinski definition) is 7. The van der Waals surface area contributed by atoms with E-state index in [0.29, 0.717) is 18.8 Å². The van der Waals surface area contributed by atoms with Gasteiger partial charge in [-0.2, -0.15) is 4.37 Å². The molecule has 3 amide bonds. The lowest BCUT2D eigenvalue weighted by Gasteiger charge is -2.29. The highest BCUT2D eigenvalue weighted by Gasteiger charge is 2.32. The van der Waals surface area contributed by atoms with Gasteiger partial charge in [0.2, 0.25) is 5.91 Å². The Hall–Kier alpha value is -2.98. The molecule has 3 rings (SSSR count). The number of benzene rings is 1. The lowest BCUT2D eigenvalue weighted by molar-refractivity contribution is -0.122. The number of aromatic nitrogens is 1. The number of nitrogen functional groups attached to an aromatic ring is 1. The molecule has 1 saturated heterocycles. The highest BCUT2D eigenvalue weighted by atomic mass is 32.1. The van der Waals surface area contributed by atoms with E-state index < -0.39 is 17.9 Å². The van der Waals surface area contributed by atoms with Crippen LogP contribution in [0.25, 0.3) is 0 Å². The molecule has 2 aromatic rings. The highest BCUT2D eigenvalue weighted by molar-refractivity contribution is 7.09. The minimum absolute atomic E-state index is 0.0144. The second-order valence-corrected chi connectivity index (χ2v) is 8.16. The topological polar surface area (TPSA) is 141 Å². The zero-order valence-electron chi connectivity index (χ0n) is 17.6. The molecule has 1 aliphatic heterocycles. The van der Waals surface area contributed by atoms with Crippen LogP contribution in [0.5, 0.6) is 0 Å². The third-order valence-corrected chi connectivity index (χ3v) is 6.14. The van der Waals surface area contributed by atoms with E-state index in [9.17, 15) is 14.4 Å². The number of aryl methyl sites for hydroxylation is 1. The molecule has 31 heavy (non-hydrogen) atoms. The van der Waals surface area contributed by atoms with Crippen molar-refractivity contribution in [3.8, 4) is 0 Å². The summed E-state index contributed by atoms with van der Waals surface area (Å²) >= 11 is 0.787. The maximum atomic E-state index is 13.4. The molecule has 5 N–H and O–H groups in total. The average molecular weight is 446 g/mol. The molecule has 0 saturated carbocycles. The minimum Gasteiger partial charge on any atom is -0.395 e. The highest BCUT2D eigenvalue weighted by Crippen LogP contribution is 2.28. The number of hydrogen-bond donors (Lipinski definition) is 3. The van der Waals surface area contributed by atoms with Crippen molar-refractivity contribution in [3.63, 3.8) is 0 Å². The summed E-state index contributed by atoms with van der Waals surface area (Å²) < 4.78 is 9.46. The van der Waals surface area contributed by atoms with Crippen LogP contribution < -0.4 is 21.7 Å². The zero-order chi connectivity index (χ0) is 22.5. The van der Waals surface area contributed by atoms with E-state index in [2.05, 4.69) is 9.69 Å². The van der Waals surface area contributed by atoms with E-state index >= 15 is 0 Å². The Morgan fingerprint density at radius 1 is 1.32 bits per heavy atom. The molecule has 0 spiro atoms. The van der Waals surface area contributed by atoms with Crippen LogP contribution in [0.3, 0.4) is 0 Å². The fourth-order valence-electron chi connectivity index (χ4n) is 3.43. The molecule has 1 aromatic carbocycles. The maximum absolute atomic E-state index is 13.4. The molecule has 0 radical (unpaired) electrons. The molecule has 9 nitrogen and oxygen atoms in total. The van der Waals surface area contributed by atoms with E-state index in [1.54, 1.807) is 19.1 Å². The van der Waals surface area contributed by atoms with E-state index in [1.165, 1.54) is 4.90 Å². The zero-order valence-corrected chi connectivity index (χ0v) is 18.4. The summed E-state index contributed by atoms with van der Waals surface area (Å²) in [6.45, 7) is 4.75. The Morgan fingerprint density at radius 3 is 2.58 bits per heavy atom. The number of rotatable bonds is 8. The molecule has 1 aromatic heterocycles. The van der Waals surface area contributed by atoms with Crippen molar-refractivity contribution < 1.29 is 19.1 Å². The summed E-state index contributed by atoms with van der Waals surface area (Å²) in [7, 11) is 0. The second kappa shape index (κ2) is 9.88. The van der Waals surface area contributed by atoms with Crippen LogP contribution in [0.1, 0.15) is 52.4 Å². The van der Waals surface area contributed by atoms with Gasteiger partial charge in [-0.05, 0) is 55.4 Å². The standard InChI is InChI=1S/C21H27N5O4S/c1-3-13-6-8-14(9-7-13)26(12(2)20(28)24-11-15-5-4-10-30-15)21(29)18-16(22)17(19(23)27)25-31-18/h6-9,12,15H,3-5,10-11,22H2,1-2H3,(H2,23,27)(H,24,28). The lowest BCUT2D eigenvalue weighted by atomic mass is 10.1. The van der Waals surface area contributed by atoms with Gasteiger partial charge in [-0.3, -0.25) is 19.3 Å². The monoisotopic (exact) mass is 445 g/mol. The first-order valence-electron chi connectivity index (χ1n) is 10.2. The molecular weight excluding hydrogens is 418 g/mol. The predicted octanol–water partition coefficient (Wildman–Crippen LogP) is 1.72. The van der Waals surface area contributed by atoms with Crippen LogP contribution in [0, 0.1) is 0 Å². The van der Waals surface area contributed by atoms with E-state index in [-0.39, 0.29) is 28.3 Å². The molecule has 0 bridgehead atoms. The lowest BCUT2D eigenvalue weighted by Crippen LogP contribution is -2.49. The van der Waals surface area contributed by atoms with Gasteiger partial charge in [0.15, 0.2) is 5.69 Å². The Morgan fingerprint density at radius 2 is 2.03 bits per heavy atom. The molecule has 2 atom stereocenters. The van der Waals surface area contributed by atoms with Crippen LogP contribution in [-0.4, -0.2) is 47.4 Å². The number of carbonyl (C=O) groups is 3. The maximum Gasteiger partial charge on any atom is 0.272 e. The number of nitrogens with zero attached hydrogens (tertiary/aromatic N) is 2. The van der Waals surface area contributed by atoms with Crippen molar-refractivity contribution >= 4 is 40.6 Å². The largest absolute Gasteiger partial charge is 0.395 e. The van der Waals surface area contributed by atoms with Gasteiger partial charge in [-0.25, -0.2) is 0 Å². The first-order valence-corrected chi connectivity index (χ1v) is 11.0. The van der Waals surface area contributed by atoms with E-state index in [0.717, 1.165) is 36.4 Å². The summed E-state index contributed by atoms with van der Waals surface area (Å²) in [5.41, 5.74) is 12.7. The Bertz CT molecular complexity index is 953. The van der Waals surface area contributed by atoms with Gasteiger partial charge >= 0.3 is 0 Å². The molecule has 2 unspecified atom stereocenters. The first kappa shape index (κ1) is 22.7. The van der Waals surface area contributed by atoms with Gasteiger partial charge in [-0.1, -0.05) is 19.1 Å². The van der Waals surface area contributed by atoms with Gasteiger partial charge in [0, 0.05) is 18.8 Å². The SMILES string of the molecule is CCc1ccc(N(C(=O)c2snc(C(N)=O)c2N)C(C)C(=O)NCC2CCCO2)cc1. The molecule has 1 aliphatic rings. The van der Waals surface area contributed by atoms with Gasteiger partial charge < -0.3 is 21.5 Å². The van der Waals surface area contributed by atoms with Gasteiger partial charge in [-0.15, -0.1) is 0 Å². The smallest absolute Gasteiger partial charge is 0.272 e. The molecule has 0 aliphatic carbocycles. The van der Waals surface area contributed by atoms with Crippen molar-refractivity contribution in [3.05, 3.63) is 40.4 Å².